The Morgan fingerprint density at radius 2 is 2.08 bits per heavy atom. The van der Waals surface area contributed by atoms with Crippen LogP contribution in [0.25, 0.3) is 11.0 Å². The smallest absolute Gasteiger partial charge is 0.269 e. The van der Waals surface area contributed by atoms with Gasteiger partial charge in [-0.15, -0.1) is 0 Å². The number of rotatable bonds is 5. The van der Waals surface area contributed by atoms with Gasteiger partial charge in [0.2, 0.25) is 0 Å². The molecule has 2 heterocycles. The zero-order valence-corrected chi connectivity index (χ0v) is 13.3. The van der Waals surface area contributed by atoms with Crippen molar-refractivity contribution in [1.29, 1.82) is 0 Å². The molecule has 0 atom stereocenters. The summed E-state index contributed by atoms with van der Waals surface area (Å²) in [7, 11) is 1.56. The van der Waals surface area contributed by atoms with Crippen LogP contribution in [-0.4, -0.2) is 35.8 Å². The number of nitrogens with zero attached hydrogens (tertiary/aromatic N) is 2. The summed E-state index contributed by atoms with van der Waals surface area (Å²) in [5.41, 5.74) is 4.66. The zero-order chi connectivity index (χ0) is 18.0. The fourth-order valence-corrected chi connectivity index (χ4v) is 2.37. The summed E-state index contributed by atoms with van der Waals surface area (Å²) in [6.45, 7) is 0.772. The summed E-state index contributed by atoms with van der Waals surface area (Å²) in [6, 6.07) is 5.29. The van der Waals surface area contributed by atoms with Gasteiger partial charge < -0.3 is 15.2 Å². The van der Waals surface area contributed by atoms with Crippen LogP contribution in [0.15, 0.2) is 36.7 Å². The molecule has 2 aromatic heterocycles. The summed E-state index contributed by atoms with van der Waals surface area (Å²) in [5.74, 6) is -2.47. The predicted molar refractivity (Wildman–Crippen MR) is 87.6 cm³/mol. The van der Waals surface area contributed by atoms with Gasteiger partial charge in [-0.3, -0.25) is 9.36 Å². The van der Waals surface area contributed by atoms with Crippen molar-refractivity contribution in [1.82, 2.24) is 9.55 Å². The predicted octanol–water partition coefficient (Wildman–Crippen LogP) is 2.61. The van der Waals surface area contributed by atoms with E-state index in [1.165, 1.54) is 12.4 Å². The van der Waals surface area contributed by atoms with Crippen LogP contribution in [0.2, 0.25) is 0 Å². The molecule has 2 N–H and O–H groups in total. The second kappa shape index (κ2) is 6.86. The number of ether oxygens (including phenoxy) is 2. The summed E-state index contributed by atoms with van der Waals surface area (Å²) in [4.78, 5) is 16.7. The van der Waals surface area contributed by atoms with Crippen molar-refractivity contribution < 1.29 is 23.0 Å². The summed E-state index contributed by atoms with van der Waals surface area (Å²) >= 11 is 0. The number of halogens is 2. The second-order valence-electron chi connectivity index (χ2n) is 5.24. The highest BCUT2D eigenvalue weighted by Gasteiger charge is 2.22. The van der Waals surface area contributed by atoms with E-state index >= 15 is 0 Å². The first-order chi connectivity index (χ1) is 12.0. The van der Waals surface area contributed by atoms with Gasteiger partial charge in [-0.05, 0) is 24.3 Å². The number of aromatic nitrogens is 2. The zero-order valence-electron chi connectivity index (χ0n) is 13.3. The van der Waals surface area contributed by atoms with E-state index in [2.05, 4.69) is 4.98 Å². The van der Waals surface area contributed by atoms with Crippen molar-refractivity contribution in [3.63, 3.8) is 0 Å². The lowest BCUT2D eigenvalue weighted by Crippen LogP contribution is -2.16. The molecule has 8 heteroatoms. The molecule has 0 aliphatic carbocycles. The van der Waals surface area contributed by atoms with Gasteiger partial charge in [-0.2, -0.15) is 0 Å². The van der Waals surface area contributed by atoms with E-state index in [1.807, 2.05) is 0 Å². The first-order valence-electron chi connectivity index (χ1n) is 7.40. The molecule has 0 saturated heterocycles. The molecule has 0 radical (unpaired) electrons. The molecule has 0 unspecified atom stereocenters. The van der Waals surface area contributed by atoms with Crippen molar-refractivity contribution >= 4 is 22.6 Å². The number of hydrogen-bond acceptors (Lipinski definition) is 5. The van der Waals surface area contributed by atoms with Crippen molar-refractivity contribution in [2.75, 3.05) is 26.1 Å². The van der Waals surface area contributed by atoms with Gasteiger partial charge >= 0.3 is 0 Å². The van der Waals surface area contributed by atoms with Crippen molar-refractivity contribution in [3.8, 4) is 5.75 Å². The van der Waals surface area contributed by atoms with Crippen LogP contribution in [0.1, 0.15) is 10.4 Å². The molecule has 6 nitrogen and oxygen atoms in total. The highest BCUT2D eigenvalue weighted by molar-refractivity contribution is 6.02. The minimum Gasteiger partial charge on any atom is -0.490 e. The van der Waals surface area contributed by atoms with E-state index in [0.717, 1.165) is 16.7 Å². The van der Waals surface area contributed by atoms with Crippen LogP contribution in [0.3, 0.4) is 0 Å². The Hall–Kier alpha value is -3.00. The molecule has 1 aromatic carbocycles. The monoisotopic (exact) mass is 347 g/mol. The number of pyridine rings is 1. The lowest BCUT2D eigenvalue weighted by atomic mass is 10.1. The van der Waals surface area contributed by atoms with Crippen molar-refractivity contribution in [2.45, 2.75) is 0 Å². The average Bonchev–Trinajstić information content (AvgIpc) is 3.02. The standard InChI is InChI=1S/C17H15F2N3O3/c1-24-6-7-25-11-8-10-4-5-22(16(10)21-9-11)17(23)14-12(18)2-3-13(20)15(14)19/h2-5,8-9H,6-7,20H2,1H3. The average molecular weight is 347 g/mol. The molecule has 0 aliphatic rings. The highest BCUT2D eigenvalue weighted by Crippen LogP contribution is 2.24. The Morgan fingerprint density at radius 1 is 1.28 bits per heavy atom. The fourth-order valence-electron chi connectivity index (χ4n) is 2.37. The Balaban J connectivity index is 1.97. The van der Waals surface area contributed by atoms with Crippen LogP contribution in [0.5, 0.6) is 5.75 Å². The topological polar surface area (TPSA) is 79.4 Å². The van der Waals surface area contributed by atoms with E-state index in [9.17, 15) is 13.6 Å². The van der Waals surface area contributed by atoms with Crippen LogP contribution in [-0.2, 0) is 4.74 Å². The number of benzene rings is 1. The third kappa shape index (κ3) is 3.16. The van der Waals surface area contributed by atoms with E-state index in [0.29, 0.717) is 24.3 Å². The van der Waals surface area contributed by atoms with Crippen molar-refractivity contribution in [3.05, 3.63) is 53.9 Å². The van der Waals surface area contributed by atoms with E-state index < -0.39 is 23.1 Å². The van der Waals surface area contributed by atoms with Crippen LogP contribution in [0.4, 0.5) is 14.5 Å². The second-order valence-corrected chi connectivity index (χ2v) is 5.24. The molecule has 0 amide bonds. The molecule has 130 valence electrons. The van der Waals surface area contributed by atoms with Crippen LogP contribution in [0, 0.1) is 11.6 Å². The minimum atomic E-state index is -1.09. The normalized spacial score (nSPS) is 11.0. The molecule has 0 aliphatic heterocycles. The van der Waals surface area contributed by atoms with Gasteiger partial charge in [0.25, 0.3) is 5.91 Å². The first-order valence-corrected chi connectivity index (χ1v) is 7.40. The van der Waals surface area contributed by atoms with Gasteiger partial charge in [0, 0.05) is 18.7 Å². The molecule has 3 aromatic rings. The maximum Gasteiger partial charge on any atom is 0.269 e. The molecule has 3 rings (SSSR count). The molecule has 0 bridgehead atoms. The largest absolute Gasteiger partial charge is 0.490 e. The summed E-state index contributed by atoms with van der Waals surface area (Å²) < 4.78 is 39.4. The summed E-state index contributed by atoms with van der Waals surface area (Å²) in [5, 5.41) is 0.591. The van der Waals surface area contributed by atoms with Gasteiger partial charge in [-0.25, -0.2) is 13.8 Å². The molecular weight excluding hydrogens is 332 g/mol. The Bertz CT molecular complexity index is 940. The third-order valence-corrected chi connectivity index (χ3v) is 3.61. The van der Waals surface area contributed by atoms with E-state index in [4.69, 9.17) is 15.2 Å². The van der Waals surface area contributed by atoms with Crippen LogP contribution >= 0.6 is 0 Å². The number of carbonyl (C=O) groups excluding carboxylic acids is 1. The number of hydrogen-bond donors (Lipinski definition) is 1. The van der Waals surface area contributed by atoms with E-state index in [-0.39, 0.29) is 11.3 Å². The van der Waals surface area contributed by atoms with Crippen LogP contribution < -0.4 is 10.5 Å². The van der Waals surface area contributed by atoms with Gasteiger partial charge in [0.15, 0.2) is 5.82 Å². The SMILES string of the molecule is COCCOc1cnc2c(ccn2C(=O)c2c(F)ccc(N)c2F)c1. The molecule has 0 saturated carbocycles. The van der Waals surface area contributed by atoms with Gasteiger partial charge in [0.1, 0.15) is 29.4 Å². The minimum absolute atomic E-state index is 0.255. The van der Waals surface area contributed by atoms with Gasteiger partial charge in [0.05, 0.1) is 18.5 Å². The Kier molecular flexibility index (Phi) is 4.62. The number of fused-ring (bicyclic) bond motifs is 1. The first kappa shape index (κ1) is 16.8. The van der Waals surface area contributed by atoms with Crippen molar-refractivity contribution in [2.24, 2.45) is 0 Å². The highest BCUT2D eigenvalue weighted by atomic mass is 19.1. The third-order valence-electron chi connectivity index (χ3n) is 3.61. The number of carbonyl (C=O) groups is 1. The Morgan fingerprint density at radius 3 is 2.84 bits per heavy atom. The molecule has 0 spiro atoms. The molecule has 0 fully saturated rings. The quantitative estimate of drug-likeness (QED) is 0.567. The number of nitrogen functional groups attached to an aromatic ring is 1. The van der Waals surface area contributed by atoms with Gasteiger partial charge in [-0.1, -0.05) is 0 Å². The fraction of sp³-hybridized carbons (Fsp3) is 0.176. The number of methoxy groups -OCH3 is 1. The molecular formula is C17H15F2N3O3. The lowest BCUT2D eigenvalue weighted by Gasteiger charge is -2.08. The Labute approximate surface area is 141 Å². The number of nitrogens with two attached hydrogens (primary N) is 1. The number of anilines is 1. The molecule has 25 heavy (non-hydrogen) atoms. The summed E-state index contributed by atoms with van der Waals surface area (Å²) in [6.07, 6.45) is 2.81. The maximum atomic E-state index is 14.1. The lowest BCUT2D eigenvalue weighted by molar-refractivity contribution is 0.0956. The van der Waals surface area contributed by atoms with E-state index in [1.54, 1.807) is 19.2 Å². The maximum absolute atomic E-state index is 14.1.